The smallest absolute Gasteiger partial charge is 0.159 e. The summed E-state index contributed by atoms with van der Waals surface area (Å²) in [6, 6.07) is 9.95. The van der Waals surface area contributed by atoms with Gasteiger partial charge in [-0.1, -0.05) is 6.58 Å². The lowest BCUT2D eigenvalue weighted by Crippen LogP contribution is -2.46. The molecule has 38 heavy (non-hydrogen) atoms. The minimum atomic E-state index is -1.64. The molecule has 2 fully saturated rings. The Morgan fingerprint density at radius 2 is 1.95 bits per heavy atom. The Morgan fingerprint density at radius 3 is 2.58 bits per heavy atom. The van der Waals surface area contributed by atoms with Gasteiger partial charge in [-0.2, -0.15) is 0 Å². The number of rotatable bonds is 11. The Kier molecular flexibility index (Phi) is 7.25. The molecular formula is C29H32B3N3O3. The lowest BCUT2D eigenvalue weighted by molar-refractivity contribution is -0.0334. The van der Waals surface area contributed by atoms with E-state index in [2.05, 4.69) is 28.2 Å². The van der Waals surface area contributed by atoms with Gasteiger partial charge >= 0.3 is 0 Å². The SMILES string of the molecule is [B]C([B])([B])OC1CC(CN(C(=C)c2cc3cccnc3n2CC2CC2)c2c(C)cc(C(C)=O)cc2OC)C1. The molecule has 1 aromatic carbocycles. The van der Waals surface area contributed by atoms with Crippen molar-refractivity contribution in [3.8, 4) is 5.75 Å². The summed E-state index contributed by atoms with van der Waals surface area (Å²) in [5.74, 6) is 1.59. The maximum Gasteiger partial charge on any atom is 0.159 e. The average molecular weight is 503 g/mol. The first-order valence-electron chi connectivity index (χ1n) is 13.2. The quantitative estimate of drug-likeness (QED) is 0.288. The van der Waals surface area contributed by atoms with E-state index in [0.29, 0.717) is 29.7 Å². The molecule has 0 saturated heterocycles. The Balaban J connectivity index is 1.54. The van der Waals surface area contributed by atoms with Crippen LogP contribution in [0.25, 0.3) is 16.7 Å². The summed E-state index contributed by atoms with van der Waals surface area (Å²) < 4.78 is 13.7. The molecule has 0 atom stereocenters. The highest BCUT2D eigenvalue weighted by Crippen LogP contribution is 2.42. The number of ketones is 1. The molecule has 2 aliphatic carbocycles. The normalized spacial score (nSPS) is 19.2. The summed E-state index contributed by atoms with van der Waals surface area (Å²) in [5, 5.41) is -0.556. The number of anilines is 1. The Labute approximate surface area is 229 Å². The van der Waals surface area contributed by atoms with Crippen LogP contribution in [0.2, 0.25) is 0 Å². The van der Waals surface area contributed by atoms with Gasteiger partial charge in [-0.25, -0.2) is 4.98 Å². The molecule has 3 aromatic rings. The van der Waals surface area contributed by atoms with E-state index in [1.807, 2.05) is 31.3 Å². The minimum Gasteiger partial charge on any atom is -0.495 e. The van der Waals surface area contributed by atoms with E-state index in [0.717, 1.165) is 53.1 Å². The average Bonchev–Trinajstić information content (AvgIpc) is 3.58. The molecular weight excluding hydrogens is 471 g/mol. The number of ether oxygens (including phenoxy) is 2. The molecule has 2 heterocycles. The van der Waals surface area contributed by atoms with E-state index >= 15 is 0 Å². The predicted molar refractivity (Wildman–Crippen MR) is 154 cm³/mol. The van der Waals surface area contributed by atoms with Crippen molar-refractivity contribution in [2.45, 2.75) is 57.5 Å². The molecule has 0 amide bonds. The first-order chi connectivity index (χ1) is 18.0. The molecule has 0 bridgehead atoms. The predicted octanol–water partition coefficient (Wildman–Crippen LogP) is 4.36. The number of hydrogen-bond donors (Lipinski definition) is 0. The highest BCUT2D eigenvalue weighted by Gasteiger charge is 2.36. The highest BCUT2D eigenvalue weighted by molar-refractivity contribution is 6.58. The molecule has 190 valence electrons. The lowest BCUT2D eigenvalue weighted by atomic mass is 9.52. The largest absolute Gasteiger partial charge is 0.495 e. The van der Waals surface area contributed by atoms with Crippen molar-refractivity contribution in [3.63, 3.8) is 0 Å². The standard InChI is InChI=1S/C29H32B3N3O3/c1-17-10-23(19(3)36)14-26(37-4)27(17)34(16-21-11-24(12-21)38-29(30,31)32)18(2)25-13-22-6-5-9-33-28(22)35(25)15-20-7-8-20/h5-6,9-10,13-14,20-21,24H,2,7-8,11-12,15-16H2,1,3-4H3. The summed E-state index contributed by atoms with van der Waals surface area (Å²) in [5.41, 5.74) is 5.30. The molecule has 6 nitrogen and oxygen atoms in total. The summed E-state index contributed by atoms with van der Waals surface area (Å²) in [6.07, 6.45) is 5.76. The third-order valence-electron chi connectivity index (χ3n) is 7.58. The summed E-state index contributed by atoms with van der Waals surface area (Å²) in [6.45, 7) is 9.77. The number of carbonyl (C=O) groups excluding carboxylic acids is 1. The van der Waals surface area contributed by atoms with E-state index in [1.54, 1.807) is 14.0 Å². The molecule has 0 aliphatic heterocycles. The van der Waals surface area contributed by atoms with Crippen molar-refractivity contribution in [1.82, 2.24) is 9.55 Å². The van der Waals surface area contributed by atoms with E-state index in [-0.39, 0.29) is 11.9 Å². The number of fused-ring (bicyclic) bond motifs is 1. The number of pyridine rings is 1. The van der Waals surface area contributed by atoms with E-state index < -0.39 is 5.30 Å². The van der Waals surface area contributed by atoms with Gasteiger partial charge in [-0.05, 0) is 92.6 Å². The van der Waals surface area contributed by atoms with E-state index in [1.165, 1.54) is 12.8 Å². The Morgan fingerprint density at radius 1 is 1.21 bits per heavy atom. The van der Waals surface area contributed by atoms with Crippen LogP contribution < -0.4 is 9.64 Å². The van der Waals surface area contributed by atoms with Crippen LogP contribution in [0.5, 0.6) is 5.75 Å². The number of aryl methyl sites for hydroxylation is 1. The third kappa shape index (κ3) is 5.58. The van der Waals surface area contributed by atoms with Crippen LogP contribution in [0, 0.1) is 18.8 Å². The van der Waals surface area contributed by atoms with Gasteiger partial charge in [0.15, 0.2) is 5.78 Å². The van der Waals surface area contributed by atoms with Gasteiger partial charge in [0.2, 0.25) is 0 Å². The topological polar surface area (TPSA) is 56.6 Å². The molecule has 0 N–H and O–H groups in total. The summed E-state index contributed by atoms with van der Waals surface area (Å²) in [7, 11) is 18.6. The van der Waals surface area contributed by atoms with Crippen molar-refractivity contribution in [1.29, 1.82) is 0 Å². The zero-order valence-corrected chi connectivity index (χ0v) is 22.4. The highest BCUT2D eigenvalue weighted by atomic mass is 16.5. The summed E-state index contributed by atoms with van der Waals surface area (Å²) >= 11 is 0. The van der Waals surface area contributed by atoms with Crippen molar-refractivity contribution < 1.29 is 14.3 Å². The summed E-state index contributed by atoms with van der Waals surface area (Å²) in [4.78, 5) is 19.1. The second-order valence-corrected chi connectivity index (χ2v) is 10.9. The molecule has 0 spiro atoms. The zero-order chi connectivity index (χ0) is 27.2. The molecule has 2 aromatic heterocycles. The van der Waals surface area contributed by atoms with Crippen LogP contribution in [0.15, 0.2) is 43.1 Å². The van der Waals surface area contributed by atoms with Crippen LogP contribution in [0.4, 0.5) is 5.69 Å². The maximum absolute atomic E-state index is 12.2. The number of methoxy groups -OCH3 is 1. The third-order valence-corrected chi connectivity index (χ3v) is 7.58. The Hall–Kier alpha value is -2.93. The first-order valence-corrected chi connectivity index (χ1v) is 13.2. The number of benzene rings is 1. The van der Waals surface area contributed by atoms with Gasteiger partial charge in [0.25, 0.3) is 0 Å². The van der Waals surface area contributed by atoms with Crippen molar-refractivity contribution in [2.24, 2.45) is 11.8 Å². The number of Topliss-reactive ketones (excluding diaryl/α,β-unsaturated/α-hetero) is 1. The number of carbonyl (C=O) groups is 1. The fraction of sp³-hybridized carbons (Fsp3) is 0.448. The monoisotopic (exact) mass is 503 g/mol. The Bertz CT molecular complexity index is 1370. The number of nitrogens with zero attached hydrogens (tertiary/aromatic N) is 3. The maximum atomic E-state index is 12.2. The minimum absolute atomic E-state index is 0.00761. The molecule has 2 saturated carbocycles. The lowest BCUT2D eigenvalue weighted by Gasteiger charge is -2.43. The van der Waals surface area contributed by atoms with E-state index in [9.17, 15) is 4.79 Å². The van der Waals surface area contributed by atoms with Crippen molar-refractivity contribution >= 4 is 51.7 Å². The van der Waals surface area contributed by atoms with Crippen LogP contribution in [-0.2, 0) is 11.3 Å². The van der Waals surface area contributed by atoms with Crippen LogP contribution in [-0.4, -0.2) is 63.9 Å². The number of aromatic nitrogens is 2. The zero-order valence-electron chi connectivity index (χ0n) is 22.4. The fourth-order valence-electron chi connectivity index (χ4n) is 5.46. The molecule has 6 radical (unpaired) electrons. The molecule has 9 heteroatoms. The van der Waals surface area contributed by atoms with Gasteiger partial charge in [-0.3, -0.25) is 4.79 Å². The van der Waals surface area contributed by atoms with Gasteiger partial charge < -0.3 is 18.9 Å². The van der Waals surface area contributed by atoms with Crippen LogP contribution in [0.3, 0.4) is 0 Å². The van der Waals surface area contributed by atoms with Crippen molar-refractivity contribution in [2.75, 3.05) is 18.6 Å². The van der Waals surface area contributed by atoms with E-state index in [4.69, 9.17) is 38.0 Å². The van der Waals surface area contributed by atoms with Crippen molar-refractivity contribution in [3.05, 3.63) is 59.9 Å². The fourth-order valence-corrected chi connectivity index (χ4v) is 5.46. The number of hydrogen-bond acceptors (Lipinski definition) is 5. The second-order valence-electron chi connectivity index (χ2n) is 10.9. The molecule has 0 unspecified atom stereocenters. The van der Waals surface area contributed by atoms with Gasteiger partial charge in [0, 0.05) is 30.2 Å². The van der Waals surface area contributed by atoms with Crippen LogP contribution in [0.1, 0.15) is 54.2 Å². The van der Waals surface area contributed by atoms with Gasteiger partial charge in [0.1, 0.15) is 11.4 Å². The molecule has 5 rings (SSSR count). The van der Waals surface area contributed by atoms with Crippen LogP contribution >= 0.6 is 0 Å². The second kappa shape index (κ2) is 10.3. The van der Waals surface area contributed by atoms with Gasteiger partial charge in [-0.15, -0.1) is 0 Å². The first kappa shape index (κ1) is 26.7. The molecule has 2 aliphatic rings. The van der Waals surface area contributed by atoms with Gasteiger partial charge in [0.05, 0.1) is 53.8 Å².